The Labute approximate surface area is 148 Å². The van der Waals surface area contributed by atoms with Crippen molar-refractivity contribution < 1.29 is 14.3 Å². The molecule has 126 valence electrons. The van der Waals surface area contributed by atoms with E-state index in [1.54, 1.807) is 4.90 Å². The van der Waals surface area contributed by atoms with Crippen molar-refractivity contribution in [3.05, 3.63) is 51.8 Å². The lowest BCUT2D eigenvalue weighted by molar-refractivity contribution is -0.00127. The van der Waals surface area contributed by atoms with Gasteiger partial charge in [0, 0.05) is 17.6 Å². The first-order valence-electron chi connectivity index (χ1n) is 8.01. The van der Waals surface area contributed by atoms with Crippen LogP contribution in [0.1, 0.15) is 27.8 Å². The molecule has 0 unspecified atom stereocenters. The van der Waals surface area contributed by atoms with Crippen LogP contribution in [-0.2, 0) is 22.6 Å². The summed E-state index contributed by atoms with van der Waals surface area (Å²) < 4.78 is 14.2. The third-order valence-electron chi connectivity index (χ3n) is 4.39. The van der Waals surface area contributed by atoms with Crippen LogP contribution in [-0.4, -0.2) is 46.9 Å². The summed E-state index contributed by atoms with van der Waals surface area (Å²) in [6.45, 7) is 3.51. The molecule has 1 fully saturated rings. The number of hydrogen-bond acceptors (Lipinski definition) is 4. The van der Waals surface area contributed by atoms with E-state index in [0.717, 1.165) is 15.7 Å². The van der Waals surface area contributed by atoms with Crippen molar-refractivity contribution in [1.82, 2.24) is 14.7 Å². The molecule has 1 amide bonds. The summed E-state index contributed by atoms with van der Waals surface area (Å²) in [5.41, 5.74) is 2.55. The fourth-order valence-electron chi connectivity index (χ4n) is 3.04. The SMILES string of the molecule is O=C(c1cc2n(n1)C[C@@H](c1ccc(Br)cc1)OC2)N1CCOCC1. The van der Waals surface area contributed by atoms with Gasteiger partial charge in [0.1, 0.15) is 6.10 Å². The van der Waals surface area contributed by atoms with Gasteiger partial charge in [-0.3, -0.25) is 9.48 Å². The summed E-state index contributed by atoms with van der Waals surface area (Å²) in [6.07, 6.45) is -0.0446. The Balaban J connectivity index is 1.51. The number of ether oxygens (including phenoxy) is 2. The molecule has 1 aromatic carbocycles. The highest BCUT2D eigenvalue weighted by molar-refractivity contribution is 9.10. The number of hydrogen-bond donors (Lipinski definition) is 0. The molecule has 2 aromatic rings. The zero-order chi connectivity index (χ0) is 16.5. The smallest absolute Gasteiger partial charge is 0.274 e. The van der Waals surface area contributed by atoms with E-state index in [-0.39, 0.29) is 12.0 Å². The van der Waals surface area contributed by atoms with Gasteiger partial charge in [-0.1, -0.05) is 28.1 Å². The van der Waals surface area contributed by atoms with Gasteiger partial charge >= 0.3 is 0 Å². The van der Waals surface area contributed by atoms with E-state index < -0.39 is 0 Å². The largest absolute Gasteiger partial charge is 0.378 e. The molecule has 7 heteroatoms. The lowest BCUT2D eigenvalue weighted by atomic mass is 10.1. The first kappa shape index (κ1) is 15.8. The number of fused-ring (bicyclic) bond motifs is 1. The molecule has 0 radical (unpaired) electrons. The van der Waals surface area contributed by atoms with Crippen LogP contribution in [0, 0.1) is 0 Å². The number of aromatic nitrogens is 2. The summed E-state index contributed by atoms with van der Waals surface area (Å²) >= 11 is 3.44. The highest BCUT2D eigenvalue weighted by Gasteiger charge is 2.26. The third kappa shape index (κ3) is 3.11. The van der Waals surface area contributed by atoms with Gasteiger partial charge in [-0.05, 0) is 23.8 Å². The third-order valence-corrected chi connectivity index (χ3v) is 4.92. The van der Waals surface area contributed by atoms with Gasteiger partial charge in [0.05, 0.1) is 32.1 Å². The molecule has 0 spiro atoms. The maximum absolute atomic E-state index is 12.6. The fourth-order valence-corrected chi connectivity index (χ4v) is 3.30. The Morgan fingerprint density at radius 2 is 1.96 bits per heavy atom. The fraction of sp³-hybridized carbons (Fsp3) is 0.412. The topological polar surface area (TPSA) is 56.6 Å². The molecule has 0 bridgehead atoms. The molecule has 2 aliphatic heterocycles. The minimum atomic E-state index is -0.0446. The lowest BCUT2D eigenvalue weighted by Crippen LogP contribution is -2.40. The predicted molar refractivity (Wildman–Crippen MR) is 90.6 cm³/mol. The number of nitrogens with zero attached hydrogens (tertiary/aromatic N) is 3. The average Bonchev–Trinajstić information content (AvgIpc) is 3.05. The Bertz CT molecular complexity index is 738. The van der Waals surface area contributed by atoms with Crippen LogP contribution in [0.4, 0.5) is 0 Å². The molecule has 24 heavy (non-hydrogen) atoms. The Morgan fingerprint density at radius 1 is 1.21 bits per heavy atom. The van der Waals surface area contributed by atoms with Gasteiger partial charge in [-0.25, -0.2) is 0 Å². The number of amides is 1. The van der Waals surface area contributed by atoms with Crippen molar-refractivity contribution >= 4 is 21.8 Å². The molecule has 1 atom stereocenters. The van der Waals surface area contributed by atoms with Gasteiger partial charge in [0.25, 0.3) is 5.91 Å². The summed E-state index contributed by atoms with van der Waals surface area (Å²) in [5.74, 6) is -0.0274. The highest BCUT2D eigenvalue weighted by atomic mass is 79.9. The molecule has 4 rings (SSSR count). The molecule has 1 aromatic heterocycles. The quantitative estimate of drug-likeness (QED) is 0.788. The van der Waals surface area contributed by atoms with Crippen LogP contribution in [0.3, 0.4) is 0 Å². The molecule has 0 saturated carbocycles. The second kappa shape index (κ2) is 6.66. The van der Waals surface area contributed by atoms with Crippen molar-refractivity contribution in [2.45, 2.75) is 19.3 Å². The number of carbonyl (C=O) groups is 1. The van der Waals surface area contributed by atoms with Crippen LogP contribution in [0.5, 0.6) is 0 Å². The van der Waals surface area contributed by atoms with Crippen molar-refractivity contribution in [3.63, 3.8) is 0 Å². The van der Waals surface area contributed by atoms with Gasteiger partial charge in [-0.15, -0.1) is 0 Å². The summed E-state index contributed by atoms with van der Waals surface area (Å²) in [5, 5.41) is 4.51. The maximum Gasteiger partial charge on any atom is 0.274 e. The maximum atomic E-state index is 12.6. The molecule has 0 aliphatic carbocycles. The van der Waals surface area contributed by atoms with E-state index in [1.165, 1.54) is 0 Å². The zero-order valence-corrected chi connectivity index (χ0v) is 14.7. The van der Waals surface area contributed by atoms with Crippen molar-refractivity contribution in [2.24, 2.45) is 0 Å². The van der Waals surface area contributed by atoms with Crippen LogP contribution in [0.25, 0.3) is 0 Å². The second-order valence-electron chi connectivity index (χ2n) is 5.96. The Hall–Kier alpha value is -1.70. The van der Waals surface area contributed by atoms with E-state index in [1.807, 2.05) is 35.0 Å². The number of rotatable bonds is 2. The standard InChI is InChI=1S/C17H18BrN3O3/c18-13-3-1-12(2-4-13)16-10-21-14(11-24-16)9-15(19-21)17(22)20-5-7-23-8-6-20/h1-4,9,16H,5-8,10-11H2/t16-/m0/s1. The first-order chi connectivity index (χ1) is 11.7. The minimum Gasteiger partial charge on any atom is -0.378 e. The van der Waals surface area contributed by atoms with E-state index in [2.05, 4.69) is 21.0 Å². The Kier molecular flexibility index (Phi) is 4.39. The summed E-state index contributed by atoms with van der Waals surface area (Å²) in [7, 11) is 0. The van der Waals surface area contributed by atoms with Crippen LogP contribution < -0.4 is 0 Å². The Morgan fingerprint density at radius 3 is 2.71 bits per heavy atom. The molecule has 0 N–H and O–H groups in total. The zero-order valence-electron chi connectivity index (χ0n) is 13.2. The monoisotopic (exact) mass is 391 g/mol. The van der Waals surface area contributed by atoms with Gasteiger partial charge in [0.2, 0.25) is 0 Å². The van der Waals surface area contributed by atoms with Gasteiger partial charge in [-0.2, -0.15) is 5.10 Å². The molecule has 3 heterocycles. The number of carbonyl (C=O) groups excluding carboxylic acids is 1. The van der Waals surface area contributed by atoms with E-state index in [4.69, 9.17) is 9.47 Å². The van der Waals surface area contributed by atoms with E-state index in [0.29, 0.717) is 45.1 Å². The second-order valence-corrected chi connectivity index (χ2v) is 6.87. The van der Waals surface area contributed by atoms with Crippen molar-refractivity contribution in [3.8, 4) is 0 Å². The summed E-state index contributed by atoms with van der Waals surface area (Å²) in [6, 6.07) is 9.94. The molecular weight excluding hydrogens is 374 g/mol. The van der Waals surface area contributed by atoms with E-state index in [9.17, 15) is 4.79 Å². The number of halogens is 1. The van der Waals surface area contributed by atoms with Crippen LogP contribution >= 0.6 is 15.9 Å². The molecule has 1 saturated heterocycles. The van der Waals surface area contributed by atoms with E-state index >= 15 is 0 Å². The average molecular weight is 392 g/mol. The minimum absolute atomic E-state index is 0.0274. The lowest BCUT2D eigenvalue weighted by Gasteiger charge is -2.26. The van der Waals surface area contributed by atoms with Crippen LogP contribution in [0.15, 0.2) is 34.8 Å². The van der Waals surface area contributed by atoms with Crippen LogP contribution in [0.2, 0.25) is 0 Å². The molecule has 6 nitrogen and oxygen atoms in total. The van der Waals surface area contributed by atoms with Gasteiger partial charge in [0.15, 0.2) is 5.69 Å². The predicted octanol–water partition coefficient (Wildman–Crippen LogP) is 2.39. The number of morpholine rings is 1. The molecular formula is C17H18BrN3O3. The van der Waals surface area contributed by atoms with Crippen molar-refractivity contribution in [2.75, 3.05) is 26.3 Å². The first-order valence-corrected chi connectivity index (χ1v) is 8.81. The molecule has 2 aliphatic rings. The van der Waals surface area contributed by atoms with Crippen molar-refractivity contribution in [1.29, 1.82) is 0 Å². The van der Waals surface area contributed by atoms with Gasteiger partial charge < -0.3 is 14.4 Å². The normalized spacial score (nSPS) is 20.7. The highest BCUT2D eigenvalue weighted by Crippen LogP contribution is 2.27. The number of benzene rings is 1. The summed E-state index contributed by atoms with van der Waals surface area (Å²) in [4.78, 5) is 14.4.